The van der Waals surface area contributed by atoms with Crippen LogP contribution in [0.3, 0.4) is 0 Å². The van der Waals surface area contributed by atoms with E-state index in [4.69, 9.17) is 4.84 Å². The minimum absolute atomic E-state index is 0.565. The number of anilines is 2. The maximum Gasteiger partial charge on any atom is 0.162 e. The molecule has 0 aromatic carbocycles. The summed E-state index contributed by atoms with van der Waals surface area (Å²) in [5.74, 6) is 1.33. The molecule has 0 amide bonds. The van der Waals surface area contributed by atoms with Crippen LogP contribution in [0.25, 0.3) is 6.08 Å². The summed E-state index contributed by atoms with van der Waals surface area (Å²) >= 11 is 0. The van der Waals surface area contributed by atoms with E-state index in [1.54, 1.807) is 13.1 Å². The van der Waals surface area contributed by atoms with Crippen LogP contribution in [0, 0.1) is 0 Å². The Labute approximate surface area is 83.2 Å². The second-order valence-electron chi connectivity index (χ2n) is 2.47. The average molecular weight is 194 g/mol. The van der Waals surface area contributed by atoms with Gasteiger partial charge in [-0.2, -0.15) is 0 Å². The number of aromatic nitrogens is 2. The van der Waals surface area contributed by atoms with E-state index in [2.05, 4.69) is 27.3 Å². The van der Waals surface area contributed by atoms with Crippen LogP contribution in [0.5, 0.6) is 0 Å². The molecule has 0 aliphatic heterocycles. The quantitative estimate of drug-likeness (QED) is 0.696. The van der Waals surface area contributed by atoms with E-state index < -0.39 is 0 Å². The zero-order valence-electron chi connectivity index (χ0n) is 8.37. The fraction of sp³-hybridized carbons (Fsp3) is 0.333. The third-order valence-corrected chi connectivity index (χ3v) is 1.64. The van der Waals surface area contributed by atoms with E-state index in [-0.39, 0.29) is 0 Å². The predicted octanol–water partition coefficient (Wildman–Crippen LogP) is 1.52. The van der Waals surface area contributed by atoms with Crippen molar-refractivity contribution in [2.24, 2.45) is 0 Å². The monoisotopic (exact) mass is 194 g/mol. The molecule has 1 rings (SSSR count). The molecule has 0 unspecified atom stereocenters. The van der Waals surface area contributed by atoms with Crippen molar-refractivity contribution in [3.63, 3.8) is 0 Å². The Balaban J connectivity index is 2.96. The van der Waals surface area contributed by atoms with Gasteiger partial charge in [-0.05, 0) is 6.92 Å². The molecule has 0 radical (unpaired) electrons. The topological polar surface area (TPSA) is 59.1 Å². The van der Waals surface area contributed by atoms with Gasteiger partial charge >= 0.3 is 0 Å². The van der Waals surface area contributed by atoms with Crippen LogP contribution in [0.4, 0.5) is 11.6 Å². The molecule has 14 heavy (non-hydrogen) atoms. The first-order valence-electron chi connectivity index (χ1n) is 4.36. The molecule has 0 bridgehead atoms. The maximum atomic E-state index is 5.05. The molecule has 5 heteroatoms. The highest BCUT2D eigenvalue weighted by atomic mass is 16.6. The van der Waals surface area contributed by atoms with Crippen LogP contribution < -0.4 is 10.8 Å². The molecule has 1 heterocycles. The molecule has 5 nitrogen and oxygen atoms in total. The van der Waals surface area contributed by atoms with Crippen molar-refractivity contribution in [3.05, 3.63) is 18.5 Å². The lowest BCUT2D eigenvalue weighted by Crippen LogP contribution is -2.06. The molecule has 0 aliphatic carbocycles. The van der Waals surface area contributed by atoms with Crippen LogP contribution in [0.2, 0.25) is 0 Å². The molecule has 2 N–H and O–H groups in total. The summed E-state index contributed by atoms with van der Waals surface area (Å²) in [4.78, 5) is 13.1. The first-order valence-corrected chi connectivity index (χ1v) is 4.36. The van der Waals surface area contributed by atoms with Gasteiger partial charge < -0.3 is 5.32 Å². The van der Waals surface area contributed by atoms with E-state index in [9.17, 15) is 0 Å². The van der Waals surface area contributed by atoms with E-state index in [0.717, 1.165) is 11.4 Å². The van der Waals surface area contributed by atoms with Gasteiger partial charge in [0.25, 0.3) is 0 Å². The van der Waals surface area contributed by atoms with Crippen molar-refractivity contribution in [1.29, 1.82) is 0 Å². The molecule has 0 fully saturated rings. The van der Waals surface area contributed by atoms with Gasteiger partial charge in [0, 0.05) is 7.05 Å². The third-order valence-electron chi connectivity index (χ3n) is 1.64. The highest BCUT2D eigenvalue weighted by molar-refractivity contribution is 5.71. The van der Waals surface area contributed by atoms with Gasteiger partial charge in [0.1, 0.15) is 12.1 Å². The number of hydrogen-bond acceptors (Lipinski definition) is 5. The second-order valence-corrected chi connectivity index (χ2v) is 2.47. The van der Waals surface area contributed by atoms with Crippen LogP contribution in [0.15, 0.2) is 12.9 Å². The standard InChI is InChI=1S/C9H14N4O/c1-4-7-8(10-3)11-6-12-9(7)13-14-5-2/h4,6H,1,5H2,2-3H3,(H2,10,11,12,13). The van der Waals surface area contributed by atoms with Gasteiger partial charge in [-0.25, -0.2) is 15.4 Å². The Kier molecular flexibility index (Phi) is 3.87. The molecular formula is C9H14N4O. The minimum atomic E-state index is 0.565. The highest BCUT2D eigenvalue weighted by Crippen LogP contribution is 2.20. The van der Waals surface area contributed by atoms with Gasteiger partial charge in [0.15, 0.2) is 5.82 Å². The van der Waals surface area contributed by atoms with E-state index in [1.807, 2.05) is 6.92 Å². The summed E-state index contributed by atoms with van der Waals surface area (Å²) in [6.07, 6.45) is 3.13. The Morgan fingerprint density at radius 1 is 1.50 bits per heavy atom. The van der Waals surface area contributed by atoms with Crippen molar-refractivity contribution >= 4 is 17.7 Å². The summed E-state index contributed by atoms with van der Waals surface area (Å²) in [7, 11) is 1.79. The van der Waals surface area contributed by atoms with Crippen molar-refractivity contribution in [2.45, 2.75) is 6.92 Å². The summed E-state index contributed by atoms with van der Waals surface area (Å²) in [5, 5.41) is 2.95. The van der Waals surface area contributed by atoms with Gasteiger partial charge in [-0.15, -0.1) is 0 Å². The number of nitrogens with zero attached hydrogens (tertiary/aromatic N) is 2. The molecule has 1 aromatic heterocycles. The smallest absolute Gasteiger partial charge is 0.162 e. The molecule has 0 atom stereocenters. The van der Waals surface area contributed by atoms with E-state index in [1.165, 1.54) is 6.33 Å². The maximum absolute atomic E-state index is 5.05. The fourth-order valence-corrected chi connectivity index (χ4v) is 1.01. The minimum Gasteiger partial charge on any atom is -0.372 e. The Hall–Kier alpha value is -1.62. The lowest BCUT2D eigenvalue weighted by atomic mass is 10.3. The van der Waals surface area contributed by atoms with E-state index >= 15 is 0 Å². The average Bonchev–Trinajstić information content (AvgIpc) is 2.25. The van der Waals surface area contributed by atoms with Crippen LogP contribution in [0.1, 0.15) is 12.5 Å². The summed E-state index contributed by atoms with van der Waals surface area (Å²) < 4.78 is 0. The Bertz CT molecular complexity index is 314. The normalized spacial score (nSPS) is 9.57. The third kappa shape index (κ3) is 2.20. The molecule has 76 valence electrons. The Morgan fingerprint density at radius 3 is 2.79 bits per heavy atom. The molecule has 0 saturated carbocycles. The number of hydrogen-bond donors (Lipinski definition) is 2. The van der Waals surface area contributed by atoms with Gasteiger partial charge in [-0.3, -0.25) is 4.84 Å². The largest absolute Gasteiger partial charge is 0.372 e. The lowest BCUT2D eigenvalue weighted by Gasteiger charge is -2.09. The second kappa shape index (κ2) is 5.18. The van der Waals surface area contributed by atoms with Crippen molar-refractivity contribution in [1.82, 2.24) is 9.97 Å². The van der Waals surface area contributed by atoms with Crippen LogP contribution >= 0.6 is 0 Å². The van der Waals surface area contributed by atoms with Crippen LogP contribution in [-0.2, 0) is 4.84 Å². The molecule has 1 aromatic rings. The van der Waals surface area contributed by atoms with Crippen LogP contribution in [-0.4, -0.2) is 23.6 Å². The molecule has 0 spiro atoms. The first kappa shape index (κ1) is 10.5. The fourth-order valence-electron chi connectivity index (χ4n) is 1.01. The zero-order valence-corrected chi connectivity index (χ0v) is 8.37. The summed E-state index contributed by atoms with van der Waals surface area (Å²) in [6, 6.07) is 0. The molecular weight excluding hydrogens is 180 g/mol. The first-order chi connectivity index (χ1) is 6.83. The molecule has 0 saturated heterocycles. The van der Waals surface area contributed by atoms with Crippen molar-refractivity contribution < 1.29 is 4.84 Å². The predicted molar refractivity (Wildman–Crippen MR) is 56.9 cm³/mol. The summed E-state index contributed by atoms with van der Waals surface area (Å²) in [6.45, 7) is 6.15. The summed E-state index contributed by atoms with van der Waals surface area (Å²) in [5.41, 5.74) is 3.52. The van der Waals surface area contributed by atoms with Gasteiger partial charge in [-0.1, -0.05) is 12.7 Å². The molecule has 0 aliphatic rings. The SMILES string of the molecule is C=Cc1c(NC)ncnc1NOCC. The number of rotatable bonds is 5. The number of nitrogens with one attached hydrogen (secondary N) is 2. The highest BCUT2D eigenvalue weighted by Gasteiger charge is 2.06. The van der Waals surface area contributed by atoms with Gasteiger partial charge in [0.05, 0.1) is 12.2 Å². The Morgan fingerprint density at radius 2 is 2.21 bits per heavy atom. The lowest BCUT2D eigenvalue weighted by molar-refractivity contribution is 0.209. The van der Waals surface area contributed by atoms with E-state index in [0.29, 0.717) is 12.4 Å². The van der Waals surface area contributed by atoms with Crippen molar-refractivity contribution in [2.75, 3.05) is 24.5 Å². The zero-order chi connectivity index (χ0) is 10.4. The van der Waals surface area contributed by atoms with Gasteiger partial charge in [0.2, 0.25) is 0 Å². The van der Waals surface area contributed by atoms with Crippen molar-refractivity contribution in [3.8, 4) is 0 Å².